The first kappa shape index (κ1) is 20.5. The third-order valence-corrected chi connectivity index (χ3v) is 6.21. The zero-order valence-electron chi connectivity index (χ0n) is 17.5. The second kappa shape index (κ2) is 9.38. The predicted molar refractivity (Wildman–Crippen MR) is 113 cm³/mol. The van der Waals surface area contributed by atoms with Crippen molar-refractivity contribution in [1.82, 2.24) is 29.9 Å². The Balaban J connectivity index is 1.26. The number of carbonyl (C=O) groups excluding carboxylic acids is 2. The van der Waals surface area contributed by atoms with Crippen LogP contribution in [0.5, 0.6) is 0 Å². The zero-order chi connectivity index (χ0) is 20.9. The van der Waals surface area contributed by atoms with Crippen molar-refractivity contribution in [2.75, 3.05) is 26.2 Å². The molecule has 0 bridgehead atoms. The normalized spacial score (nSPS) is 20.8. The minimum absolute atomic E-state index is 0.0255. The van der Waals surface area contributed by atoms with Crippen LogP contribution in [-0.4, -0.2) is 68.6 Å². The van der Waals surface area contributed by atoms with E-state index in [1.807, 2.05) is 30.1 Å². The van der Waals surface area contributed by atoms with Gasteiger partial charge >= 0.3 is 0 Å². The lowest BCUT2D eigenvalue weighted by Gasteiger charge is -2.42. The summed E-state index contributed by atoms with van der Waals surface area (Å²) in [6.07, 6.45) is 9.03. The highest BCUT2D eigenvalue weighted by Crippen LogP contribution is 2.24. The van der Waals surface area contributed by atoms with Gasteiger partial charge in [0.05, 0.1) is 29.9 Å². The van der Waals surface area contributed by atoms with E-state index in [0.29, 0.717) is 18.2 Å². The summed E-state index contributed by atoms with van der Waals surface area (Å²) in [6, 6.07) is 6.17. The maximum Gasteiger partial charge on any atom is 0.257 e. The third-order valence-electron chi connectivity index (χ3n) is 6.21. The number of nitrogens with zero attached hydrogens (tertiary/aromatic N) is 5. The van der Waals surface area contributed by atoms with Crippen LogP contribution in [0, 0.1) is 5.92 Å². The largest absolute Gasteiger partial charge is 0.350 e. The monoisotopic (exact) mass is 410 g/mol. The highest BCUT2D eigenvalue weighted by molar-refractivity contribution is 5.93. The van der Waals surface area contributed by atoms with E-state index in [-0.39, 0.29) is 17.7 Å². The lowest BCUT2D eigenvalue weighted by atomic mass is 9.93. The molecule has 2 aliphatic heterocycles. The van der Waals surface area contributed by atoms with E-state index >= 15 is 0 Å². The molecule has 30 heavy (non-hydrogen) atoms. The second-order valence-electron chi connectivity index (χ2n) is 8.30. The van der Waals surface area contributed by atoms with E-state index in [1.165, 1.54) is 0 Å². The molecule has 0 aliphatic carbocycles. The quantitative estimate of drug-likeness (QED) is 0.807. The Hall–Kier alpha value is -2.74. The summed E-state index contributed by atoms with van der Waals surface area (Å²) in [5, 5.41) is 7.14. The molecule has 160 valence electrons. The van der Waals surface area contributed by atoms with Crippen molar-refractivity contribution in [1.29, 1.82) is 0 Å². The molecule has 4 rings (SSSR count). The Labute approximate surface area is 177 Å². The van der Waals surface area contributed by atoms with Crippen molar-refractivity contribution in [3.8, 4) is 0 Å². The van der Waals surface area contributed by atoms with Crippen LogP contribution in [0.25, 0.3) is 0 Å². The van der Waals surface area contributed by atoms with Crippen LogP contribution in [0.15, 0.2) is 36.8 Å². The van der Waals surface area contributed by atoms with Crippen LogP contribution < -0.4 is 5.32 Å². The van der Waals surface area contributed by atoms with E-state index in [1.54, 1.807) is 23.3 Å². The highest BCUT2D eigenvalue weighted by atomic mass is 16.2. The van der Waals surface area contributed by atoms with Crippen molar-refractivity contribution < 1.29 is 9.59 Å². The van der Waals surface area contributed by atoms with Crippen molar-refractivity contribution in [2.45, 2.75) is 38.3 Å². The summed E-state index contributed by atoms with van der Waals surface area (Å²) in [5.74, 6) is 0.207. The molecule has 2 fully saturated rings. The lowest BCUT2D eigenvalue weighted by Crippen LogP contribution is -2.51. The number of hydrogen-bond acceptors (Lipinski definition) is 5. The molecule has 2 aliphatic rings. The van der Waals surface area contributed by atoms with E-state index in [0.717, 1.165) is 57.6 Å². The molecule has 2 aromatic rings. The van der Waals surface area contributed by atoms with Crippen LogP contribution in [0.4, 0.5) is 0 Å². The molecule has 1 N–H and O–H groups in total. The second-order valence-corrected chi connectivity index (χ2v) is 8.30. The molecule has 0 saturated carbocycles. The van der Waals surface area contributed by atoms with Gasteiger partial charge in [-0.2, -0.15) is 5.10 Å². The number of piperidine rings is 2. The number of carbonyl (C=O) groups is 2. The molecule has 0 spiro atoms. The van der Waals surface area contributed by atoms with Crippen LogP contribution in [-0.2, 0) is 18.4 Å². The maximum atomic E-state index is 12.7. The molecule has 2 saturated heterocycles. The van der Waals surface area contributed by atoms with Gasteiger partial charge in [0.1, 0.15) is 0 Å². The summed E-state index contributed by atoms with van der Waals surface area (Å²) in [5.41, 5.74) is 1.53. The van der Waals surface area contributed by atoms with Crippen LogP contribution in [0.3, 0.4) is 0 Å². The predicted octanol–water partition coefficient (Wildman–Crippen LogP) is 1.45. The van der Waals surface area contributed by atoms with Gasteiger partial charge in [-0.25, -0.2) is 0 Å². The summed E-state index contributed by atoms with van der Waals surface area (Å²) in [4.78, 5) is 34.0. The van der Waals surface area contributed by atoms with Crippen molar-refractivity contribution in [2.24, 2.45) is 13.0 Å². The van der Waals surface area contributed by atoms with E-state index < -0.39 is 0 Å². The van der Waals surface area contributed by atoms with Crippen molar-refractivity contribution in [3.63, 3.8) is 0 Å². The fourth-order valence-electron chi connectivity index (χ4n) is 4.53. The summed E-state index contributed by atoms with van der Waals surface area (Å²) in [7, 11) is 1.82. The fraction of sp³-hybridized carbons (Fsp3) is 0.545. The van der Waals surface area contributed by atoms with Gasteiger partial charge in [0, 0.05) is 45.1 Å². The number of rotatable bonds is 5. The molecule has 2 amide bonds. The number of nitrogens with one attached hydrogen (secondary N) is 1. The Morgan fingerprint density at radius 2 is 2.00 bits per heavy atom. The Morgan fingerprint density at radius 3 is 2.70 bits per heavy atom. The van der Waals surface area contributed by atoms with Crippen LogP contribution in [0.1, 0.15) is 41.7 Å². The number of aromatic nitrogens is 3. The minimum atomic E-state index is 0.0255. The Bertz CT molecular complexity index is 860. The highest BCUT2D eigenvalue weighted by Gasteiger charge is 2.32. The molecule has 0 radical (unpaired) electrons. The molecular formula is C22H30N6O2. The first-order valence-corrected chi connectivity index (χ1v) is 10.8. The van der Waals surface area contributed by atoms with Gasteiger partial charge in [0.25, 0.3) is 5.91 Å². The summed E-state index contributed by atoms with van der Waals surface area (Å²) < 4.78 is 1.66. The van der Waals surface area contributed by atoms with Gasteiger partial charge in [0.2, 0.25) is 5.91 Å². The average Bonchev–Trinajstić information content (AvgIpc) is 3.24. The number of pyridine rings is 1. The molecule has 4 heterocycles. The van der Waals surface area contributed by atoms with Gasteiger partial charge < -0.3 is 10.2 Å². The standard InChI is InChI=1S/C22H30N6O2/c1-26-15-18(13-25-26)22(30)27-11-7-20(8-12-27)28-10-4-5-17(16-28)21(29)24-14-19-6-2-3-9-23-19/h2-3,6,9,13,15,17,20H,4-5,7-8,10-12,14,16H2,1H3,(H,24,29). The van der Waals surface area contributed by atoms with Crippen LogP contribution >= 0.6 is 0 Å². The first-order chi connectivity index (χ1) is 14.6. The number of aryl methyl sites for hydroxylation is 1. The number of hydrogen-bond donors (Lipinski definition) is 1. The molecule has 1 unspecified atom stereocenters. The molecule has 2 aromatic heterocycles. The minimum Gasteiger partial charge on any atom is -0.350 e. The van der Waals surface area contributed by atoms with Gasteiger partial charge in [-0.3, -0.25) is 24.2 Å². The Kier molecular flexibility index (Phi) is 6.42. The topological polar surface area (TPSA) is 83.4 Å². The SMILES string of the molecule is Cn1cc(C(=O)N2CCC(N3CCCC(C(=O)NCc4ccccn4)C3)CC2)cn1. The van der Waals surface area contributed by atoms with Crippen molar-refractivity contribution in [3.05, 3.63) is 48.0 Å². The maximum absolute atomic E-state index is 12.7. The third kappa shape index (κ3) is 4.87. The van der Waals surface area contributed by atoms with Crippen molar-refractivity contribution >= 4 is 11.8 Å². The van der Waals surface area contributed by atoms with Crippen LogP contribution in [0.2, 0.25) is 0 Å². The van der Waals surface area contributed by atoms with E-state index in [4.69, 9.17) is 0 Å². The lowest BCUT2D eigenvalue weighted by molar-refractivity contribution is -0.127. The van der Waals surface area contributed by atoms with E-state index in [2.05, 4.69) is 20.3 Å². The zero-order valence-corrected chi connectivity index (χ0v) is 17.5. The summed E-state index contributed by atoms with van der Waals surface area (Å²) in [6.45, 7) is 3.82. The molecule has 8 heteroatoms. The smallest absolute Gasteiger partial charge is 0.257 e. The number of amides is 2. The first-order valence-electron chi connectivity index (χ1n) is 10.8. The van der Waals surface area contributed by atoms with Gasteiger partial charge in [0.15, 0.2) is 0 Å². The van der Waals surface area contributed by atoms with Gasteiger partial charge in [-0.1, -0.05) is 6.07 Å². The molecule has 8 nitrogen and oxygen atoms in total. The molecular weight excluding hydrogens is 380 g/mol. The Morgan fingerprint density at radius 1 is 1.17 bits per heavy atom. The molecule has 0 aromatic carbocycles. The summed E-state index contributed by atoms with van der Waals surface area (Å²) >= 11 is 0. The average molecular weight is 411 g/mol. The fourth-order valence-corrected chi connectivity index (χ4v) is 4.53. The van der Waals surface area contributed by atoms with Gasteiger partial charge in [-0.15, -0.1) is 0 Å². The number of likely N-dealkylation sites (tertiary alicyclic amines) is 2. The van der Waals surface area contributed by atoms with Gasteiger partial charge in [-0.05, 0) is 44.4 Å². The van der Waals surface area contributed by atoms with E-state index in [9.17, 15) is 9.59 Å². The molecule has 1 atom stereocenters.